The molecule has 10 nitrogen and oxygen atoms in total. The fourth-order valence-corrected chi connectivity index (χ4v) is 4.34. The van der Waals surface area contributed by atoms with Crippen LogP contribution in [0.2, 0.25) is 0 Å². The predicted molar refractivity (Wildman–Crippen MR) is 169 cm³/mol. The van der Waals surface area contributed by atoms with Crippen molar-refractivity contribution in [1.82, 2.24) is 0 Å². The molecule has 0 spiro atoms. The number of halogens is 2. The van der Waals surface area contributed by atoms with E-state index in [0.717, 1.165) is 11.1 Å². The molecule has 0 atom stereocenters. The lowest BCUT2D eigenvalue weighted by Gasteiger charge is -2.21. The lowest BCUT2D eigenvalue weighted by atomic mass is 9.98. The van der Waals surface area contributed by atoms with Crippen molar-refractivity contribution in [3.05, 3.63) is 95.6 Å². The first-order valence-corrected chi connectivity index (χ1v) is 13.9. The highest BCUT2D eigenvalue weighted by atomic mass is 19.1. The van der Waals surface area contributed by atoms with E-state index >= 15 is 0 Å². The first-order valence-electron chi connectivity index (χ1n) is 13.9. The summed E-state index contributed by atoms with van der Waals surface area (Å²) in [6.45, 7) is 4.32. The van der Waals surface area contributed by atoms with E-state index in [1.54, 1.807) is 62.4 Å². The number of nitrogen functional groups attached to an aromatic ring is 2. The number of carbonyl (C=O) groups excluding carboxylic acids is 2. The van der Waals surface area contributed by atoms with Crippen LogP contribution < -0.4 is 32.7 Å². The van der Waals surface area contributed by atoms with E-state index in [0.29, 0.717) is 35.6 Å². The molecule has 2 amide bonds. The molecule has 230 valence electrons. The van der Waals surface area contributed by atoms with Gasteiger partial charge in [-0.25, -0.2) is 18.4 Å². The normalized spacial score (nSPS) is 10.5. The first kappa shape index (κ1) is 31.4. The number of nitrogens with two attached hydrogens (primary N) is 2. The number of hydrogen-bond acceptors (Lipinski definition) is 8. The molecule has 0 aliphatic rings. The molecule has 0 heterocycles. The van der Waals surface area contributed by atoms with Crippen molar-refractivity contribution < 1.29 is 27.8 Å². The van der Waals surface area contributed by atoms with Crippen LogP contribution >= 0.6 is 0 Å². The van der Waals surface area contributed by atoms with Crippen LogP contribution in [0.4, 0.5) is 52.5 Å². The Labute approximate surface area is 253 Å². The molecule has 12 heteroatoms. The Kier molecular flexibility index (Phi) is 10.4. The van der Waals surface area contributed by atoms with Gasteiger partial charge in [-0.15, -0.1) is 0 Å². The molecule has 0 radical (unpaired) electrons. The second-order valence-corrected chi connectivity index (χ2v) is 9.62. The molecule has 0 bridgehead atoms. The summed E-state index contributed by atoms with van der Waals surface area (Å²) in [5, 5.41) is 12.0. The van der Waals surface area contributed by atoms with Gasteiger partial charge in [-0.3, -0.25) is 10.6 Å². The van der Waals surface area contributed by atoms with Gasteiger partial charge in [-0.1, -0.05) is 24.3 Å². The first-order chi connectivity index (χ1) is 21.2. The van der Waals surface area contributed by atoms with Gasteiger partial charge < -0.3 is 31.6 Å². The van der Waals surface area contributed by atoms with Crippen molar-refractivity contribution in [1.29, 1.82) is 0 Å². The molecule has 8 N–H and O–H groups in total. The second-order valence-electron chi connectivity index (χ2n) is 9.62. The molecule has 44 heavy (non-hydrogen) atoms. The zero-order valence-electron chi connectivity index (χ0n) is 24.3. The number of benzene rings is 4. The Hall–Kier alpha value is -5.52. The van der Waals surface area contributed by atoms with E-state index in [2.05, 4.69) is 21.3 Å². The number of amides is 2. The van der Waals surface area contributed by atoms with E-state index in [4.69, 9.17) is 20.9 Å². The van der Waals surface area contributed by atoms with Crippen molar-refractivity contribution in [2.24, 2.45) is 0 Å². The van der Waals surface area contributed by atoms with Gasteiger partial charge in [0.1, 0.15) is 11.6 Å². The number of nitrogens with one attached hydrogen (secondary N) is 4. The smallest absolute Gasteiger partial charge is 0.411 e. The van der Waals surface area contributed by atoms with Crippen LogP contribution in [0.3, 0.4) is 0 Å². The quantitative estimate of drug-likeness (QED) is 0.0987. The maximum absolute atomic E-state index is 13.5. The Balaban J connectivity index is 1.82. The topological polar surface area (TPSA) is 153 Å². The molecule has 0 aliphatic heterocycles. The molecule has 0 aliphatic carbocycles. The molecular formula is C32H34F2N6O4. The summed E-state index contributed by atoms with van der Waals surface area (Å²) < 4.78 is 37.1. The molecule has 0 unspecified atom stereocenters. The fraction of sp³-hybridized carbons (Fsp3) is 0.188. The lowest BCUT2D eigenvalue weighted by Crippen LogP contribution is -2.16. The van der Waals surface area contributed by atoms with Crippen LogP contribution in [-0.2, 0) is 22.6 Å². The van der Waals surface area contributed by atoms with Gasteiger partial charge in [0.25, 0.3) is 0 Å². The summed E-state index contributed by atoms with van der Waals surface area (Å²) in [5.41, 5.74) is 17.6. The minimum atomic E-state index is -0.686. The monoisotopic (exact) mass is 604 g/mol. The number of carbonyl (C=O) groups is 2. The highest BCUT2D eigenvalue weighted by Gasteiger charge is 2.19. The largest absolute Gasteiger partial charge is 0.450 e. The third kappa shape index (κ3) is 8.28. The standard InChI is InChI=1S/C32H34F2N6O4/c1-3-43-31(41)39-29-13-23(27(15-25(29)35)37-17-19-5-9-21(33)10-6-19)24-14-30(40-32(42)44-4-2)26(36)16-28(24)38-18-20-7-11-22(34)12-8-20/h5-16,37-38H,3-4,17-18,35-36H2,1-2H3,(H,39,41)(H,40,42). The van der Waals surface area contributed by atoms with Crippen LogP contribution in [-0.4, -0.2) is 25.4 Å². The van der Waals surface area contributed by atoms with Gasteiger partial charge in [0, 0.05) is 35.6 Å². The van der Waals surface area contributed by atoms with E-state index in [1.807, 2.05) is 0 Å². The molecule has 0 saturated carbocycles. The number of ether oxygens (including phenoxy) is 2. The van der Waals surface area contributed by atoms with Gasteiger partial charge in [0.15, 0.2) is 0 Å². The second kappa shape index (κ2) is 14.6. The van der Waals surface area contributed by atoms with Gasteiger partial charge in [-0.2, -0.15) is 0 Å². The minimum absolute atomic E-state index is 0.161. The fourth-order valence-electron chi connectivity index (χ4n) is 4.34. The van der Waals surface area contributed by atoms with Gasteiger partial charge in [-0.05, 0) is 73.5 Å². The van der Waals surface area contributed by atoms with Crippen molar-refractivity contribution >= 4 is 46.3 Å². The summed E-state index contributed by atoms with van der Waals surface area (Å²) >= 11 is 0. The Morgan fingerprint density at radius 3 is 1.32 bits per heavy atom. The van der Waals surface area contributed by atoms with Crippen LogP contribution in [0, 0.1) is 11.6 Å². The molecule has 0 fully saturated rings. The third-order valence-electron chi connectivity index (χ3n) is 6.49. The van der Waals surface area contributed by atoms with Crippen molar-refractivity contribution in [2.75, 3.05) is 45.9 Å². The average Bonchev–Trinajstić information content (AvgIpc) is 2.99. The molecular weight excluding hydrogens is 570 g/mol. The van der Waals surface area contributed by atoms with E-state index < -0.39 is 12.2 Å². The Morgan fingerprint density at radius 1 is 0.614 bits per heavy atom. The Bertz CT molecular complexity index is 1490. The van der Waals surface area contributed by atoms with E-state index in [1.165, 1.54) is 24.3 Å². The Morgan fingerprint density at radius 2 is 0.977 bits per heavy atom. The third-order valence-corrected chi connectivity index (χ3v) is 6.49. The van der Waals surface area contributed by atoms with Crippen molar-refractivity contribution in [3.8, 4) is 11.1 Å². The average molecular weight is 605 g/mol. The minimum Gasteiger partial charge on any atom is -0.450 e. The summed E-state index contributed by atoms with van der Waals surface area (Å²) in [4.78, 5) is 24.6. The van der Waals surface area contributed by atoms with Crippen LogP contribution in [0.15, 0.2) is 72.8 Å². The SMILES string of the molecule is CCOC(=O)Nc1cc(-c2cc(NC(=O)OCC)c(N)cc2NCc2ccc(F)cc2)c(NCc2ccc(F)cc2)cc1N. The molecule has 0 aromatic heterocycles. The van der Waals surface area contributed by atoms with Crippen LogP contribution in [0.5, 0.6) is 0 Å². The zero-order chi connectivity index (χ0) is 31.6. The summed E-state index contributed by atoms with van der Waals surface area (Å²) in [6.07, 6.45) is -1.37. The maximum atomic E-state index is 13.5. The van der Waals surface area contributed by atoms with Crippen molar-refractivity contribution in [2.45, 2.75) is 26.9 Å². The lowest BCUT2D eigenvalue weighted by molar-refractivity contribution is 0.167. The number of rotatable bonds is 11. The van der Waals surface area contributed by atoms with Crippen molar-refractivity contribution in [3.63, 3.8) is 0 Å². The van der Waals surface area contributed by atoms with Crippen LogP contribution in [0.25, 0.3) is 11.1 Å². The summed E-state index contributed by atoms with van der Waals surface area (Å²) in [6, 6.07) is 18.7. The molecule has 4 aromatic rings. The number of hydrogen-bond donors (Lipinski definition) is 6. The van der Waals surface area contributed by atoms with Gasteiger partial charge in [0.05, 0.1) is 36.0 Å². The maximum Gasteiger partial charge on any atom is 0.411 e. The van der Waals surface area contributed by atoms with E-state index in [9.17, 15) is 18.4 Å². The van der Waals surface area contributed by atoms with Gasteiger partial charge in [0.2, 0.25) is 0 Å². The predicted octanol–water partition coefficient (Wildman–Crippen LogP) is 7.16. The highest BCUT2D eigenvalue weighted by Crippen LogP contribution is 2.42. The van der Waals surface area contributed by atoms with Crippen LogP contribution in [0.1, 0.15) is 25.0 Å². The van der Waals surface area contributed by atoms with E-state index in [-0.39, 0.29) is 47.6 Å². The molecule has 4 rings (SSSR count). The summed E-state index contributed by atoms with van der Waals surface area (Å²) in [7, 11) is 0. The number of anilines is 6. The van der Waals surface area contributed by atoms with Gasteiger partial charge >= 0.3 is 12.2 Å². The zero-order valence-corrected chi connectivity index (χ0v) is 24.3. The summed E-state index contributed by atoms with van der Waals surface area (Å²) in [5.74, 6) is -0.707. The molecule has 4 aromatic carbocycles. The molecule has 0 saturated heterocycles. The highest BCUT2D eigenvalue weighted by molar-refractivity contribution is 6.00.